The SMILES string of the molecule is CCc1c[c]c(CC)c([N+](=O)[O-])c1. The fourth-order valence-corrected chi connectivity index (χ4v) is 1.21. The molecule has 0 atom stereocenters. The molecule has 1 rings (SSSR count). The Morgan fingerprint density at radius 1 is 1.46 bits per heavy atom. The van der Waals surface area contributed by atoms with Gasteiger partial charge in [0.25, 0.3) is 5.69 Å². The third-order valence-electron chi connectivity index (χ3n) is 2.02. The number of nitro groups is 1. The molecule has 1 aromatic rings. The summed E-state index contributed by atoms with van der Waals surface area (Å²) in [5.41, 5.74) is 1.84. The zero-order chi connectivity index (χ0) is 9.84. The second-order valence-electron chi connectivity index (χ2n) is 2.84. The molecule has 0 unspecified atom stereocenters. The molecule has 0 saturated heterocycles. The van der Waals surface area contributed by atoms with Crippen LogP contribution in [0.4, 0.5) is 5.69 Å². The summed E-state index contributed by atoms with van der Waals surface area (Å²) >= 11 is 0. The molecular weight excluding hydrogens is 166 g/mol. The van der Waals surface area contributed by atoms with Crippen LogP contribution >= 0.6 is 0 Å². The number of hydrogen-bond acceptors (Lipinski definition) is 2. The predicted octanol–water partition coefficient (Wildman–Crippen LogP) is 2.52. The lowest BCUT2D eigenvalue weighted by atomic mass is 10.1. The van der Waals surface area contributed by atoms with Crippen LogP contribution in [0, 0.1) is 16.2 Å². The quantitative estimate of drug-likeness (QED) is 0.527. The molecule has 0 aromatic heterocycles. The van der Waals surface area contributed by atoms with Crippen LogP contribution in [-0.2, 0) is 12.8 Å². The fourth-order valence-electron chi connectivity index (χ4n) is 1.21. The van der Waals surface area contributed by atoms with Crippen LogP contribution in [0.3, 0.4) is 0 Å². The molecule has 0 spiro atoms. The van der Waals surface area contributed by atoms with Gasteiger partial charge in [0.1, 0.15) is 0 Å². The first kappa shape index (κ1) is 9.71. The third kappa shape index (κ3) is 2.05. The Balaban J connectivity index is 3.18. The van der Waals surface area contributed by atoms with Gasteiger partial charge < -0.3 is 0 Å². The second kappa shape index (κ2) is 4.03. The lowest BCUT2D eigenvalue weighted by Gasteiger charge is -2.01. The second-order valence-corrected chi connectivity index (χ2v) is 2.84. The van der Waals surface area contributed by atoms with E-state index in [0.29, 0.717) is 12.0 Å². The van der Waals surface area contributed by atoms with Gasteiger partial charge >= 0.3 is 0 Å². The summed E-state index contributed by atoms with van der Waals surface area (Å²) in [6.45, 7) is 3.86. The summed E-state index contributed by atoms with van der Waals surface area (Å²) < 4.78 is 0. The van der Waals surface area contributed by atoms with Gasteiger partial charge in [-0.1, -0.05) is 19.9 Å². The van der Waals surface area contributed by atoms with Crippen molar-refractivity contribution in [2.24, 2.45) is 0 Å². The Morgan fingerprint density at radius 2 is 2.15 bits per heavy atom. The molecule has 0 fully saturated rings. The van der Waals surface area contributed by atoms with E-state index in [9.17, 15) is 10.1 Å². The van der Waals surface area contributed by atoms with Gasteiger partial charge in [0.15, 0.2) is 0 Å². The number of nitrogens with zero attached hydrogens (tertiary/aromatic N) is 1. The standard InChI is InChI=1S/C10H12NO2/c1-3-8-5-6-9(4-2)10(7-8)11(12)13/h5,7H,3-4H2,1-2H3. The zero-order valence-corrected chi connectivity index (χ0v) is 7.83. The smallest absolute Gasteiger partial charge is 0.258 e. The van der Waals surface area contributed by atoms with E-state index < -0.39 is 0 Å². The molecule has 3 heteroatoms. The number of hydrogen-bond donors (Lipinski definition) is 0. The normalized spacial score (nSPS) is 10.0. The topological polar surface area (TPSA) is 43.1 Å². The molecule has 0 aliphatic rings. The fraction of sp³-hybridized carbons (Fsp3) is 0.400. The van der Waals surface area contributed by atoms with Crippen molar-refractivity contribution in [1.29, 1.82) is 0 Å². The highest BCUT2D eigenvalue weighted by molar-refractivity contribution is 5.42. The van der Waals surface area contributed by atoms with Gasteiger partial charge in [0.2, 0.25) is 0 Å². The minimum Gasteiger partial charge on any atom is -0.258 e. The molecule has 1 radical (unpaired) electrons. The van der Waals surface area contributed by atoms with E-state index in [-0.39, 0.29) is 10.6 Å². The highest BCUT2D eigenvalue weighted by Gasteiger charge is 2.12. The van der Waals surface area contributed by atoms with Crippen LogP contribution in [0.5, 0.6) is 0 Å². The van der Waals surface area contributed by atoms with Crippen LogP contribution < -0.4 is 0 Å². The summed E-state index contributed by atoms with van der Waals surface area (Å²) in [5, 5.41) is 10.6. The highest BCUT2D eigenvalue weighted by atomic mass is 16.6. The van der Waals surface area contributed by atoms with Crippen molar-refractivity contribution in [3.05, 3.63) is 39.4 Å². The molecule has 69 valence electrons. The van der Waals surface area contributed by atoms with E-state index >= 15 is 0 Å². The Morgan fingerprint density at radius 3 is 2.62 bits per heavy atom. The van der Waals surface area contributed by atoms with E-state index in [2.05, 4.69) is 6.07 Å². The summed E-state index contributed by atoms with van der Waals surface area (Å²) in [6.07, 6.45) is 1.46. The summed E-state index contributed by atoms with van der Waals surface area (Å²) in [7, 11) is 0. The van der Waals surface area contributed by atoms with Crippen LogP contribution in [0.1, 0.15) is 25.0 Å². The molecule has 13 heavy (non-hydrogen) atoms. The van der Waals surface area contributed by atoms with Crippen LogP contribution in [0.25, 0.3) is 0 Å². The van der Waals surface area contributed by atoms with Gasteiger partial charge in [-0.2, -0.15) is 0 Å². The average Bonchev–Trinajstić information content (AvgIpc) is 2.16. The molecule has 0 saturated carbocycles. The van der Waals surface area contributed by atoms with E-state index in [1.807, 2.05) is 19.9 Å². The number of nitro benzene ring substituents is 1. The first-order chi connectivity index (χ1) is 6.19. The molecule has 0 aliphatic heterocycles. The van der Waals surface area contributed by atoms with Crippen molar-refractivity contribution in [1.82, 2.24) is 0 Å². The molecule has 0 heterocycles. The number of rotatable bonds is 3. The largest absolute Gasteiger partial charge is 0.273 e. The van der Waals surface area contributed by atoms with Gasteiger partial charge in [-0.25, -0.2) is 0 Å². The molecule has 1 aromatic carbocycles. The van der Waals surface area contributed by atoms with Crippen LogP contribution in [0.15, 0.2) is 12.1 Å². The van der Waals surface area contributed by atoms with Gasteiger partial charge in [0, 0.05) is 11.6 Å². The monoisotopic (exact) mass is 178 g/mol. The first-order valence-electron chi connectivity index (χ1n) is 4.36. The molecule has 0 bridgehead atoms. The van der Waals surface area contributed by atoms with Crippen LogP contribution in [0.2, 0.25) is 0 Å². The first-order valence-corrected chi connectivity index (χ1v) is 4.36. The van der Waals surface area contributed by atoms with E-state index in [1.54, 1.807) is 6.07 Å². The van der Waals surface area contributed by atoms with Crippen molar-refractivity contribution >= 4 is 5.69 Å². The Kier molecular flexibility index (Phi) is 3.01. The lowest BCUT2D eigenvalue weighted by Crippen LogP contribution is -1.95. The van der Waals surface area contributed by atoms with E-state index in [0.717, 1.165) is 12.0 Å². The van der Waals surface area contributed by atoms with Crippen LogP contribution in [-0.4, -0.2) is 4.92 Å². The Labute approximate surface area is 77.5 Å². The lowest BCUT2D eigenvalue weighted by molar-refractivity contribution is -0.385. The number of benzene rings is 1. The van der Waals surface area contributed by atoms with Gasteiger partial charge in [-0.05, 0) is 24.5 Å². The van der Waals surface area contributed by atoms with Crippen molar-refractivity contribution in [3.8, 4) is 0 Å². The minimum absolute atomic E-state index is 0.196. The summed E-state index contributed by atoms with van der Waals surface area (Å²) in [6, 6.07) is 6.41. The van der Waals surface area contributed by atoms with Crippen molar-refractivity contribution in [2.75, 3.05) is 0 Å². The van der Waals surface area contributed by atoms with Crippen molar-refractivity contribution < 1.29 is 4.92 Å². The minimum atomic E-state index is -0.339. The predicted molar refractivity (Wildman–Crippen MR) is 50.7 cm³/mol. The maximum Gasteiger partial charge on any atom is 0.273 e. The Hall–Kier alpha value is -1.38. The Bertz CT molecular complexity index is 321. The number of aryl methyl sites for hydroxylation is 2. The molecule has 0 aliphatic carbocycles. The highest BCUT2D eigenvalue weighted by Crippen LogP contribution is 2.20. The zero-order valence-electron chi connectivity index (χ0n) is 7.83. The maximum atomic E-state index is 10.6. The van der Waals surface area contributed by atoms with Crippen molar-refractivity contribution in [2.45, 2.75) is 26.7 Å². The molecule has 0 N–H and O–H groups in total. The van der Waals surface area contributed by atoms with Gasteiger partial charge in [0.05, 0.1) is 4.92 Å². The van der Waals surface area contributed by atoms with E-state index in [4.69, 9.17) is 0 Å². The third-order valence-corrected chi connectivity index (χ3v) is 2.02. The van der Waals surface area contributed by atoms with Crippen molar-refractivity contribution in [3.63, 3.8) is 0 Å². The summed E-state index contributed by atoms with van der Waals surface area (Å²) in [4.78, 5) is 10.3. The van der Waals surface area contributed by atoms with Gasteiger partial charge in [-0.3, -0.25) is 10.1 Å². The molecule has 3 nitrogen and oxygen atoms in total. The van der Waals surface area contributed by atoms with Gasteiger partial charge in [-0.15, -0.1) is 0 Å². The maximum absolute atomic E-state index is 10.6. The van der Waals surface area contributed by atoms with E-state index in [1.165, 1.54) is 0 Å². The summed E-state index contributed by atoms with van der Waals surface area (Å²) in [5.74, 6) is 0. The molecule has 0 amide bonds. The molecular formula is C10H12NO2. The average molecular weight is 178 g/mol.